The van der Waals surface area contributed by atoms with Crippen LogP contribution < -0.4 is 5.56 Å². The van der Waals surface area contributed by atoms with Crippen LogP contribution in [0.15, 0.2) is 41.3 Å². The van der Waals surface area contributed by atoms with E-state index in [1.165, 1.54) is 16.2 Å². The molecular formula is C23H19N5O2S. The zero-order valence-corrected chi connectivity index (χ0v) is 17.7. The monoisotopic (exact) mass is 429 g/mol. The molecular weight excluding hydrogens is 410 g/mol. The van der Waals surface area contributed by atoms with Crippen LogP contribution in [0.3, 0.4) is 0 Å². The average Bonchev–Trinajstić information content (AvgIpc) is 3.35. The van der Waals surface area contributed by atoms with Gasteiger partial charge in [-0.25, -0.2) is 9.67 Å². The maximum Gasteiger partial charge on any atom is 0.259 e. The minimum atomic E-state index is -1.23. The summed E-state index contributed by atoms with van der Waals surface area (Å²) in [6.45, 7) is 1.78. The van der Waals surface area contributed by atoms with Crippen LogP contribution in [0.2, 0.25) is 0 Å². The Morgan fingerprint density at radius 2 is 2.03 bits per heavy atom. The van der Waals surface area contributed by atoms with Crippen molar-refractivity contribution in [1.82, 2.24) is 19.7 Å². The highest BCUT2D eigenvalue weighted by Gasteiger charge is 2.29. The van der Waals surface area contributed by atoms with Gasteiger partial charge >= 0.3 is 0 Å². The summed E-state index contributed by atoms with van der Waals surface area (Å²) < 4.78 is 1.61. The molecule has 4 aromatic rings. The second-order valence-electron chi connectivity index (χ2n) is 7.71. The number of benzene rings is 1. The highest BCUT2D eigenvalue weighted by Crippen LogP contribution is 2.34. The van der Waals surface area contributed by atoms with E-state index >= 15 is 0 Å². The zero-order chi connectivity index (χ0) is 21.5. The number of rotatable bonds is 4. The number of para-hydroxylation sites is 1. The third kappa shape index (κ3) is 3.27. The summed E-state index contributed by atoms with van der Waals surface area (Å²) in [6.07, 6.45) is 5.73. The third-order valence-corrected chi connectivity index (χ3v) is 6.85. The lowest BCUT2D eigenvalue weighted by Gasteiger charge is -2.10. The van der Waals surface area contributed by atoms with Crippen LogP contribution in [-0.4, -0.2) is 25.5 Å². The first-order valence-electron chi connectivity index (χ1n) is 10.2. The summed E-state index contributed by atoms with van der Waals surface area (Å²) in [5.74, 6) is -1.62. The fourth-order valence-corrected chi connectivity index (χ4v) is 5.38. The van der Waals surface area contributed by atoms with Crippen LogP contribution in [-0.2, 0) is 12.8 Å². The van der Waals surface area contributed by atoms with Gasteiger partial charge in [-0.3, -0.25) is 9.59 Å². The van der Waals surface area contributed by atoms with E-state index in [1.807, 2.05) is 36.4 Å². The molecule has 1 aliphatic rings. The van der Waals surface area contributed by atoms with Crippen molar-refractivity contribution < 1.29 is 4.79 Å². The van der Waals surface area contributed by atoms with Crippen LogP contribution >= 0.6 is 11.3 Å². The van der Waals surface area contributed by atoms with Gasteiger partial charge in [0.15, 0.2) is 5.92 Å². The Morgan fingerprint density at radius 3 is 2.81 bits per heavy atom. The maximum absolute atomic E-state index is 13.2. The number of carbonyl (C=O) groups is 1. The van der Waals surface area contributed by atoms with Crippen molar-refractivity contribution in [3.63, 3.8) is 0 Å². The van der Waals surface area contributed by atoms with Crippen molar-refractivity contribution in [2.24, 2.45) is 0 Å². The molecule has 0 saturated heterocycles. The number of ketones is 1. The number of aryl methyl sites for hydroxylation is 3. The molecule has 0 bridgehead atoms. The fourth-order valence-electron chi connectivity index (χ4n) is 4.11. The first-order valence-corrected chi connectivity index (χ1v) is 11.0. The lowest BCUT2D eigenvalue weighted by Crippen LogP contribution is -2.20. The summed E-state index contributed by atoms with van der Waals surface area (Å²) in [7, 11) is 0. The Hall–Kier alpha value is -3.57. The highest BCUT2D eigenvalue weighted by molar-refractivity contribution is 7.18. The number of hydrogen-bond acceptors (Lipinski definition) is 6. The molecule has 1 aromatic carbocycles. The summed E-state index contributed by atoms with van der Waals surface area (Å²) in [5.41, 5.74) is 2.46. The smallest absolute Gasteiger partial charge is 0.259 e. The van der Waals surface area contributed by atoms with Crippen molar-refractivity contribution in [3.8, 4) is 11.8 Å². The number of Topliss-reactive ketones (excluding diaryl/α,β-unsaturated/α-hetero) is 1. The Kier molecular flexibility index (Phi) is 4.75. The second-order valence-corrected chi connectivity index (χ2v) is 8.79. The van der Waals surface area contributed by atoms with E-state index in [0.29, 0.717) is 15.8 Å². The first kappa shape index (κ1) is 19.4. The maximum atomic E-state index is 13.2. The number of hydrogen-bond donors (Lipinski definition) is 1. The van der Waals surface area contributed by atoms with Gasteiger partial charge in [-0.2, -0.15) is 10.4 Å². The number of carbonyl (C=O) groups excluding carboxylic acids is 1. The number of H-pyrrole nitrogens is 1. The minimum Gasteiger partial charge on any atom is -0.308 e. The van der Waals surface area contributed by atoms with Gasteiger partial charge < -0.3 is 4.98 Å². The van der Waals surface area contributed by atoms with Gasteiger partial charge in [0, 0.05) is 11.1 Å². The third-order valence-electron chi connectivity index (χ3n) is 5.66. The van der Waals surface area contributed by atoms with Gasteiger partial charge in [0.2, 0.25) is 5.78 Å². The molecule has 154 valence electrons. The largest absolute Gasteiger partial charge is 0.308 e. The van der Waals surface area contributed by atoms with Gasteiger partial charge in [0.05, 0.1) is 17.1 Å². The molecule has 1 N–H and O–H groups in total. The number of aromatic amines is 1. The van der Waals surface area contributed by atoms with Crippen molar-refractivity contribution >= 4 is 27.3 Å². The SMILES string of the molecule is Cc1cn(-c2ccccc2)nc1C(=O)C(C#N)c1nc2sc3c(c2c(=O)[nH]1)CCCC3. The second kappa shape index (κ2) is 7.60. The van der Waals surface area contributed by atoms with Crippen molar-refractivity contribution in [2.45, 2.75) is 38.5 Å². The van der Waals surface area contributed by atoms with Crippen molar-refractivity contribution in [2.75, 3.05) is 0 Å². The highest BCUT2D eigenvalue weighted by atomic mass is 32.1. The first-order chi connectivity index (χ1) is 15.1. The molecule has 0 saturated carbocycles. The molecule has 0 radical (unpaired) electrons. The van der Waals surface area contributed by atoms with Gasteiger partial charge in [-0.05, 0) is 55.9 Å². The lowest BCUT2D eigenvalue weighted by atomic mass is 9.97. The van der Waals surface area contributed by atoms with Crippen molar-refractivity contribution in [1.29, 1.82) is 5.26 Å². The van der Waals surface area contributed by atoms with E-state index in [1.54, 1.807) is 17.8 Å². The summed E-state index contributed by atoms with van der Waals surface area (Å²) >= 11 is 1.50. The topological polar surface area (TPSA) is 104 Å². The van der Waals surface area contributed by atoms with E-state index in [9.17, 15) is 14.9 Å². The number of thiophene rings is 1. The molecule has 5 rings (SSSR count). The Bertz CT molecular complexity index is 1410. The van der Waals surface area contributed by atoms with Gasteiger partial charge in [-0.1, -0.05) is 18.2 Å². The standard InChI is InChI=1S/C23H19N5O2S/c1-13-12-28(14-7-3-2-4-8-14)27-19(13)20(29)16(11-24)21-25-22(30)18-15-9-5-6-10-17(15)31-23(18)26-21/h2-4,7-8,12,16H,5-6,9-10H2,1H3,(H,25,26,30). The van der Waals surface area contributed by atoms with E-state index in [4.69, 9.17) is 0 Å². The van der Waals surface area contributed by atoms with Crippen molar-refractivity contribution in [3.05, 3.63) is 74.4 Å². The molecule has 31 heavy (non-hydrogen) atoms. The Balaban J connectivity index is 1.55. The quantitative estimate of drug-likeness (QED) is 0.496. The fraction of sp³-hybridized carbons (Fsp3) is 0.261. The molecule has 1 unspecified atom stereocenters. The van der Waals surface area contributed by atoms with Crippen LogP contribution in [0, 0.1) is 18.3 Å². The average molecular weight is 430 g/mol. The predicted octanol–water partition coefficient (Wildman–Crippen LogP) is 3.85. The van der Waals surface area contributed by atoms with Gasteiger partial charge in [-0.15, -0.1) is 11.3 Å². The number of nitrogens with zero attached hydrogens (tertiary/aromatic N) is 4. The molecule has 0 fully saturated rings. The Labute approximate surface area is 182 Å². The van der Waals surface area contributed by atoms with Crippen LogP contribution in [0.5, 0.6) is 0 Å². The minimum absolute atomic E-state index is 0.0808. The van der Waals surface area contributed by atoms with Crippen LogP contribution in [0.25, 0.3) is 15.9 Å². The molecule has 8 heteroatoms. The lowest BCUT2D eigenvalue weighted by molar-refractivity contribution is 0.0970. The predicted molar refractivity (Wildman–Crippen MR) is 118 cm³/mol. The number of aromatic nitrogens is 4. The molecule has 1 atom stereocenters. The van der Waals surface area contributed by atoms with E-state index in [-0.39, 0.29) is 17.1 Å². The summed E-state index contributed by atoms with van der Waals surface area (Å²) in [4.78, 5) is 35.1. The Morgan fingerprint density at radius 1 is 1.26 bits per heavy atom. The number of nitriles is 1. The van der Waals surface area contributed by atoms with Crippen LogP contribution in [0.4, 0.5) is 0 Å². The molecule has 3 aromatic heterocycles. The summed E-state index contributed by atoms with van der Waals surface area (Å²) in [6, 6.07) is 11.5. The molecule has 0 aliphatic heterocycles. The number of nitrogens with one attached hydrogen (secondary N) is 1. The molecule has 3 heterocycles. The molecule has 0 amide bonds. The summed E-state index contributed by atoms with van der Waals surface area (Å²) in [5, 5.41) is 14.8. The van der Waals surface area contributed by atoms with Gasteiger partial charge in [0.25, 0.3) is 5.56 Å². The van der Waals surface area contributed by atoms with Gasteiger partial charge in [0.1, 0.15) is 16.3 Å². The van der Waals surface area contributed by atoms with E-state index in [2.05, 4.69) is 15.1 Å². The molecule has 7 nitrogen and oxygen atoms in total. The van der Waals surface area contributed by atoms with E-state index < -0.39 is 11.7 Å². The normalized spacial score (nSPS) is 14.2. The number of fused-ring (bicyclic) bond motifs is 3. The van der Waals surface area contributed by atoms with Crippen LogP contribution in [0.1, 0.15) is 51.1 Å². The zero-order valence-electron chi connectivity index (χ0n) is 16.9. The van der Waals surface area contributed by atoms with E-state index in [0.717, 1.165) is 36.9 Å². The molecule has 1 aliphatic carbocycles. The molecule has 0 spiro atoms.